The summed E-state index contributed by atoms with van der Waals surface area (Å²) < 4.78 is 26.6. The summed E-state index contributed by atoms with van der Waals surface area (Å²) in [5.41, 5.74) is 6.34. The van der Waals surface area contributed by atoms with E-state index in [-0.39, 0.29) is 4.90 Å². The number of urea groups is 1. The van der Waals surface area contributed by atoms with Crippen molar-refractivity contribution in [3.63, 3.8) is 0 Å². The van der Waals surface area contributed by atoms with E-state index in [4.69, 9.17) is 17.3 Å². The number of nitrogens with one attached hydrogen (secondary N) is 4. The number of H-pyrrole nitrogens is 1. The number of aromatic amines is 1. The number of nitrogens with zero attached hydrogens (tertiary/aromatic N) is 1. The van der Waals surface area contributed by atoms with Crippen LogP contribution in [0.4, 0.5) is 4.79 Å². The molecule has 164 valence electrons. The third-order valence-corrected chi connectivity index (χ3v) is 5.77. The van der Waals surface area contributed by atoms with Gasteiger partial charge in [-0.1, -0.05) is 11.6 Å². The lowest BCUT2D eigenvalue weighted by Gasteiger charge is -2.19. The van der Waals surface area contributed by atoms with Crippen LogP contribution in [0.15, 0.2) is 41.7 Å². The molecular weight excluding hydrogens is 432 g/mol. The average Bonchev–Trinajstić information content (AvgIpc) is 3.20. The standard InChI is InChI=1S/C18H25ClN6O4S/c19-13-4-6-15(7-5-13)30(28,29)25-18(27)24-16(3-1-2-9-20)17(26)22-10-8-14-11-21-12-23-14/h4-7,11-12,16H,1-3,8-10,20H2,(H,21,23)(H,22,26)(H2,24,25,27)/t16-/m0/s1. The van der Waals surface area contributed by atoms with Crippen molar-refractivity contribution in [2.45, 2.75) is 36.6 Å². The first kappa shape index (κ1) is 23.6. The van der Waals surface area contributed by atoms with Crippen molar-refractivity contribution in [2.24, 2.45) is 5.73 Å². The molecule has 0 unspecified atom stereocenters. The molecule has 0 aliphatic carbocycles. The molecule has 1 atom stereocenters. The molecule has 6 N–H and O–H groups in total. The van der Waals surface area contributed by atoms with Crippen LogP contribution < -0.4 is 21.1 Å². The van der Waals surface area contributed by atoms with E-state index >= 15 is 0 Å². The zero-order chi connectivity index (χ0) is 22.0. The van der Waals surface area contributed by atoms with Crippen molar-refractivity contribution < 1.29 is 18.0 Å². The minimum atomic E-state index is -4.10. The Labute approximate surface area is 180 Å². The average molecular weight is 457 g/mol. The third-order valence-electron chi connectivity index (χ3n) is 4.17. The topological polar surface area (TPSA) is 159 Å². The first-order chi connectivity index (χ1) is 14.3. The molecule has 3 amide bonds. The van der Waals surface area contributed by atoms with Crippen molar-refractivity contribution in [1.82, 2.24) is 25.3 Å². The van der Waals surface area contributed by atoms with E-state index in [1.54, 1.807) is 12.5 Å². The van der Waals surface area contributed by atoms with E-state index in [1.807, 2.05) is 4.72 Å². The third kappa shape index (κ3) is 7.65. The van der Waals surface area contributed by atoms with E-state index < -0.39 is 28.0 Å². The number of benzene rings is 1. The van der Waals surface area contributed by atoms with Gasteiger partial charge in [-0.3, -0.25) is 4.79 Å². The molecule has 2 aromatic rings. The largest absolute Gasteiger partial charge is 0.354 e. The second-order valence-electron chi connectivity index (χ2n) is 6.49. The van der Waals surface area contributed by atoms with Crippen molar-refractivity contribution >= 4 is 33.6 Å². The number of carbonyl (C=O) groups excluding carboxylic acids is 2. The Morgan fingerprint density at radius 2 is 1.93 bits per heavy atom. The van der Waals surface area contributed by atoms with Crippen molar-refractivity contribution in [1.29, 1.82) is 0 Å². The molecule has 0 bridgehead atoms. The molecular formula is C18H25ClN6O4S. The Bertz CT molecular complexity index is 919. The highest BCUT2D eigenvalue weighted by Gasteiger charge is 2.23. The van der Waals surface area contributed by atoms with Gasteiger partial charge in [-0.25, -0.2) is 22.9 Å². The van der Waals surface area contributed by atoms with Crippen molar-refractivity contribution in [3.05, 3.63) is 47.5 Å². The lowest BCUT2D eigenvalue weighted by molar-refractivity contribution is -0.123. The normalized spacial score (nSPS) is 12.2. The van der Waals surface area contributed by atoms with E-state index in [2.05, 4.69) is 20.6 Å². The van der Waals surface area contributed by atoms with Gasteiger partial charge in [0, 0.05) is 29.9 Å². The van der Waals surface area contributed by atoms with Gasteiger partial charge in [0.05, 0.1) is 11.2 Å². The molecule has 1 aromatic carbocycles. The molecule has 10 nitrogen and oxygen atoms in total. The number of amides is 3. The van der Waals surface area contributed by atoms with Crippen molar-refractivity contribution in [3.8, 4) is 0 Å². The number of hydrogen-bond acceptors (Lipinski definition) is 6. The second-order valence-corrected chi connectivity index (χ2v) is 8.61. The molecule has 0 radical (unpaired) electrons. The van der Waals surface area contributed by atoms with Gasteiger partial charge in [-0.2, -0.15) is 0 Å². The first-order valence-corrected chi connectivity index (χ1v) is 11.2. The fourth-order valence-corrected chi connectivity index (χ4v) is 3.65. The molecule has 0 saturated heterocycles. The lowest BCUT2D eigenvalue weighted by atomic mass is 10.1. The number of imidazole rings is 1. The van der Waals surface area contributed by atoms with Gasteiger partial charge >= 0.3 is 6.03 Å². The lowest BCUT2D eigenvalue weighted by Crippen LogP contribution is -2.51. The van der Waals surface area contributed by atoms with Crippen LogP contribution in [0.25, 0.3) is 0 Å². The molecule has 0 aliphatic heterocycles. The molecule has 30 heavy (non-hydrogen) atoms. The number of hydrogen-bond donors (Lipinski definition) is 5. The molecule has 12 heteroatoms. The SMILES string of the molecule is NCCCC[C@H](NC(=O)NS(=O)(=O)c1ccc(Cl)cc1)C(=O)NCCc1cnc[nH]1. The zero-order valence-electron chi connectivity index (χ0n) is 16.2. The minimum Gasteiger partial charge on any atom is -0.354 e. The predicted octanol–water partition coefficient (Wildman–Crippen LogP) is 0.908. The summed E-state index contributed by atoms with van der Waals surface area (Å²) >= 11 is 5.75. The maximum Gasteiger partial charge on any atom is 0.329 e. The molecule has 0 fully saturated rings. The Morgan fingerprint density at radius 1 is 1.20 bits per heavy atom. The van der Waals surface area contributed by atoms with Crippen LogP contribution >= 0.6 is 11.6 Å². The smallest absolute Gasteiger partial charge is 0.329 e. The van der Waals surface area contributed by atoms with Gasteiger partial charge in [0.25, 0.3) is 10.0 Å². The number of sulfonamides is 1. The number of rotatable bonds is 11. The highest BCUT2D eigenvalue weighted by Crippen LogP contribution is 2.13. The Morgan fingerprint density at radius 3 is 2.57 bits per heavy atom. The summed E-state index contributed by atoms with van der Waals surface area (Å²) in [7, 11) is -4.10. The maximum atomic E-state index is 12.5. The number of unbranched alkanes of at least 4 members (excludes halogenated alkanes) is 1. The quantitative estimate of drug-likeness (QED) is 0.316. The van der Waals surface area contributed by atoms with Gasteiger partial charge in [0.15, 0.2) is 0 Å². The number of aromatic nitrogens is 2. The highest BCUT2D eigenvalue weighted by atomic mass is 35.5. The van der Waals surface area contributed by atoms with Crippen LogP contribution in [-0.2, 0) is 21.2 Å². The van der Waals surface area contributed by atoms with Crippen LogP contribution in [0.5, 0.6) is 0 Å². The molecule has 0 aliphatic rings. The second kappa shape index (κ2) is 11.5. The number of carbonyl (C=O) groups is 2. The summed E-state index contributed by atoms with van der Waals surface area (Å²) in [6.45, 7) is 0.784. The maximum absolute atomic E-state index is 12.5. The van der Waals surface area contributed by atoms with Gasteiger partial charge < -0.3 is 21.4 Å². The minimum absolute atomic E-state index is 0.120. The Kier molecular flexibility index (Phi) is 9.09. The van der Waals surface area contributed by atoms with Gasteiger partial charge in [0.2, 0.25) is 5.91 Å². The van der Waals surface area contributed by atoms with Crippen LogP contribution in [-0.4, -0.2) is 49.5 Å². The predicted molar refractivity (Wildman–Crippen MR) is 112 cm³/mol. The van der Waals surface area contributed by atoms with Gasteiger partial charge in [-0.05, 0) is 50.1 Å². The van der Waals surface area contributed by atoms with Crippen LogP contribution in [0.3, 0.4) is 0 Å². The van der Waals surface area contributed by atoms with Crippen molar-refractivity contribution in [2.75, 3.05) is 13.1 Å². The zero-order valence-corrected chi connectivity index (χ0v) is 17.8. The molecule has 1 aromatic heterocycles. The Hall–Kier alpha value is -2.63. The summed E-state index contributed by atoms with van der Waals surface area (Å²) in [6, 6.07) is 3.45. The fraction of sp³-hybridized carbons (Fsp3) is 0.389. The highest BCUT2D eigenvalue weighted by molar-refractivity contribution is 7.90. The van der Waals surface area contributed by atoms with Crippen LogP contribution in [0, 0.1) is 0 Å². The van der Waals surface area contributed by atoms with E-state index in [9.17, 15) is 18.0 Å². The monoisotopic (exact) mass is 456 g/mol. The van der Waals surface area contributed by atoms with E-state index in [1.165, 1.54) is 24.3 Å². The van der Waals surface area contributed by atoms with Crippen LogP contribution in [0.2, 0.25) is 5.02 Å². The molecule has 0 saturated carbocycles. The number of halogens is 1. The summed E-state index contributed by atoms with van der Waals surface area (Å²) in [6.07, 6.45) is 5.32. The molecule has 0 spiro atoms. The summed E-state index contributed by atoms with van der Waals surface area (Å²) in [5, 5.41) is 5.52. The van der Waals surface area contributed by atoms with E-state index in [0.29, 0.717) is 43.8 Å². The number of nitrogens with two attached hydrogens (primary N) is 1. The van der Waals surface area contributed by atoms with Gasteiger partial charge in [0.1, 0.15) is 6.04 Å². The first-order valence-electron chi connectivity index (χ1n) is 9.35. The van der Waals surface area contributed by atoms with Crippen LogP contribution in [0.1, 0.15) is 25.0 Å². The van der Waals surface area contributed by atoms with Gasteiger partial charge in [-0.15, -0.1) is 0 Å². The van der Waals surface area contributed by atoms with E-state index in [0.717, 1.165) is 5.69 Å². The Balaban J connectivity index is 1.94. The molecule has 1 heterocycles. The molecule has 2 rings (SSSR count). The summed E-state index contributed by atoms with van der Waals surface area (Å²) in [4.78, 5) is 31.5. The fourth-order valence-electron chi connectivity index (χ4n) is 2.61. The summed E-state index contributed by atoms with van der Waals surface area (Å²) in [5.74, 6) is -0.412.